The Morgan fingerprint density at radius 1 is 1.31 bits per heavy atom. The lowest BCUT2D eigenvalue weighted by atomic mass is 9.79. The molecule has 1 aromatic rings. The first-order valence-electron chi connectivity index (χ1n) is 5.66. The summed E-state index contributed by atoms with van der Waals surface area (Å²) in [6.45, 7) is 3.74. The average molecular weight is 218 g/mol. The fourth-order valence-electron chi connectivity index (χ4n) is 1.67. The number of benzene rings is 1. The third kappa shape index (κ3) is 3.02. The highest BCUT2D eigenvalue weighted by Gasteiger charge is 2.26. The second-order valence-corrected chi connectivity index (χ2v) is 4.29. The predicted molar refractivity (Wildman–Crippen MR) is 64.4 cm³/mol. The first-order chi connectivity index (χ1) is 7.62. The van der Waals surface area contributed by atoms with Gasteiger partial charge in [0.1, 0.15) is 12.1 Å². The van der Waals surface area contributed by atoms with Gasteiger partial charge in [0, 0.05) is 18.3 Å². The molecule has 0 radical (unpaired) electrons. The maximum absolute atomic E-state index is 11.3. The van der Waals surface area contributed by atoms with Crippen molar-refractivity contribution in [1.29, 1.82) is 0 Å². The zero-order chi connectivity index (χ0) is 12.0. The Balaban J connectivity index is 2.78. The average Bonchev–Trinajstić information content (AvgIpc) is 2.36. The van der Waals surface area contributed by atoms with Crippen molar-refractivity contribution in [2.24, 2.45) is 0 Å². The standard InChI is InChI=1S/C14H18O2/c1-3-13(16)9-10-14(2,11-15)12-7-5-4-6-8-12/h4-8,11H,3,9-10H2,1-2H3/t14-/m0/s1. The molecular weight excluding hydrogens is 200 g/mol. The molecule has 0 fully saturated rings. The SMILES string of the molecule is CCC(=O)CC[C@@](C)(C=O)c1ccccc1. The van der Waals surface area contributed by atoms with Crippen molar-refractivity contribution in [2.75, 3.05) is 0 Å². The number of hydrogen-bond donors (Lipinski definition) is 0. The van der Waals surface area contributed by atoms with Gasteiger partial charge in [-0.05, 0) is 18.9 Å². The summed E-state index contributed by atoms with van der Waals surface area (Å²) in [6.07, 6.45) is 2.56. The van der Waals surface area contributed by atoms with Crippen molar-refractivity contribution in [3.8, 4) is 0 Å². The summed E-state index contributed by atoms with van der Waals surface area (Å²) in [5.74, 6) is 0.212. The molecule has 16 heavy (non-hydrogen) atoms. The van der Waals surface area contributed by atoms with E-state index in [-0.39, 0.29) is 5.78 Å². The quantitative estimate of drug-likeness (QED) is 0.688. The Morgan fingerprint density at radius 2 is 1.94 bits per heavy atom. The van der Waals surface area contributed by atoms with Gasteiger partial charge >= 0.3 is 0 Å². The molecule has 0 aliphatic heterocycles. The van der Waals surface area contributed by atoms with Gasteiger partial charge in [0.25, 0.3) is 0 Å². The first kappa shape index (κ1) is 12.6. The number of rotatable bonds is 6. The summed E-state index contributed by atoms with van der Waals surface area (Å²) >= 11 is 0. The molecule has 0 bridgehead atoms. The molecule has 0 N–H and O–H groups in total. The van der Waals surface area contributed by atoms with E-state index in [0.717, 1.165) is 11.8 Å². The van der Waals surface area contributed by atoms with Crippen LogP contribution in [0.3, 0.4) is 0 Å². The van der Waals surface area contributed by atoms with E-state index < -0.39 is 5.41 Å². The first-order valence-corrected chi connectivity index (χ1v) is 5.66. The highest BCUT2D eigenvalue weighted by Crippen LogP contribution is 2.26. The largest absolute Gasteiger partial charge is 0.302 e. The number of aldehydes is 1. The van der Waals surface area contributed by atoms with Crippen LogP contribution in [0.4, 0.5) is 0 Å². The van der Waals surface area contributed by atoms with E-state index in [9.17, 15) is 9.59 Å². The van der Waals surface area contributed by atoms with Crippen LogP contribution >= 0.6 is 0 Å². The molecule has 0 unspecified atom stereocenters. The van der Waals surface area contributed by atoms with Gasteiger partial charge in [0.05, 0.1) is 0 Å². The molecule has 1 atom stereocenters. The van der Waals surface area contributed by atoms with Gasteiger partial charge < -0.3 is 4.79 Å². The minimum absolute atomic E-state index is 0.212. The third-order valence-electron chi connectivity index (χ3n) is 3.01. The Bertz CT molecular complexity index is 356. The zero-order valence-corrected chi connectivity index (χ0v) is 9.90. The minimum Gasteiger partial charge on any atom is -0.302 e. The van der Waals surface area contributed by atoms with Gasteiger partial charge in [-0.25, -0.2) is 0 Å². The van der Waals surface area contributed by atoms with Crippen LogP contribution in [0.5, 0.6) is 0 Å². The van der Waals surface area contributed by atoms with Gasteiger partial charge in [-0.15, -0.1) is 0 Å². The summed E-state index contributed by atoms with van der Waals surface area (Å²) in [5, 5.41) is 0. The maximum Gasteiger partial charge on any atom is 0.132 e. The number of carbonyl (C=O) groups excluding carboxylic acids is 2. The van der Waals surface area contributed by atoms with Crippen LogP contribution in [0.1, 0.15) is 38.7 Å². The topological polar surface area (TPSA) is 34.1 Å². The van der Waals surface area contributed by atoms with Crippen LogP contribution in [0.25, 0.3) is 0 Å². The van der Waals surface area contributed by atoms with Crippen LogP contribution in [-0.4, -0.2) is 12.1 Å². The lowest BCUT2D eigenvalue weighted by molar-refractivity contribution is -0.119. The summed E-state index contributed by atoms with van der Waals surface area (Å²) < 4.78 is 0. The molecule has 2 nitrogen and oxygen atoms in total. The Morgan fingerprint density at radius 3 is 2.44 bits per heavy atom. The smallest absolute Gasteiger partial charge is 0.132 e. The van der Waals surface area contributed by atoms with Gasteiger partial charge in [-0.2, -0.15) is 0 Å². The molecule has 0 saturated heterocycles. The Kier molecular flexibility index (Phi) is 4.41. The van der Waals surface area contributed by atoms with Gasteiger partial charge in [0.2, 0.25) is 0 Å². The lowest BCUT2D eigenvalue weighted by Crippen LogP contribution is -2.24. The molecule has 1 aromatic carbocycles. The zero-order valence-electron chi connectivity index (χ0n) is 9.90. The Hall–Kier alpha value is -1.44. The number of hydrogen-bond acceptors (Lipinski definition) is 2. The van der Waals surface area contributed by atoms with E-state index >= 15 is 0 Å². The predicted octanol–water partition coefficient (Wildman–Crippen LogP) is 2.90. The second-order valence-electron chi connectivity index (χ2n) is 4.29. The Labute approximate surface area is 96.7 Å². The van der Waals surface area contributed by atoms with Crippen molar-refractivity contribution in [2.45, 2.75) is 38.5 Å². The van der Waals surface area contributed by atoms with E-state index in [0.29, 0.717) is 19.3 Å². The molecule has 86 valence electrons. The molecule has 0 aromatic heterocycles. The normalized spacial score (nSPS) is 14.1. The molecule has 0 spiro atoms. The van der Waals surface area contributed by atoms with E-state index in [1.165, 1.54) is 0 Å². The molecule has 2 heteroatoms. The van der Waals surface area contributed by atoms with Crippen molar-refractivity contribution in [1.82, 2.24) is 0 Å². The van der Waals surface area contributed by atoms with Crippen LogP contribution in [-0.2, 0) is 15.0 Å². The summed E-state index contributed by atoms with van der Waals surface area (Å²) in [4.78, 5) is 22.5. The minimum atomic E-state index is -0.536. The second kappa shape index (κ2) is 5.59. The van der Waals surface area contributed by atoms with Gasteiger partial charge in [0.15, 0.2) is 0 Å². The highest BCUT2D eigenvalue weighted by molar-refractivity contribution is 5.79. The molecule has 0 heterocycles. The molecular formula is C14H18O2. The highest BCUT2D eigenvalue weighted by atomic mass is 16.1. The monoisotopic (exact) mass is 218 g/mol. The fraction of sp³-hybridized carbons (Fsp3) is 0.429. The van der Waals surface area contributed by atoms with Crippen molar-refractivity contribution in [3.05, 3.63) is 35.9 Å². The maximum atomic E-state index is 11.3. The summed E-state index contributed by atoms with van der Waals surface area (Å²) in [7, 11) is 0. The van der Waals surface area contributed by atoms with Crippen LogP contribution in [0.15, 0.2) is 30.3 Å². The van der Waals surface area contributed by atoms with E-state index in [4.69, 9.17) is 0 Å². The van der Waals surface area contributed by atoms with E-state index in [1.807, 2.05) is 44.2 Å². The van der Waals surface area contributed by atoms with Crippen LogP contribution in [0, 0.1) is 0 Å². The molecule has 1 rings (SSSR count). The number of Topliss-reactive ketones (excluding diaryl/α,β-unsaturated/α-hetero) is 1. The lowest BCUT2D eigenvalue weighted by Gasteiger charge is -2.23. The van der Waals surface area contributed by atoms with Crippen molar-refractivity contribution >= 4 is 12.1 Å². The van der Waals surface area contributed by atoms with E-state index in [1.54, 1.807) is 0 Å². The molecule has 0 amide bonds. The van der Waals surface area contributed by atoms with Crippen molar-refractivity contribution in [3.63, 3.8) is 0 Å². The summed E-state index contributed by atoms with van der Waals surface area (Å²) in [6, 6.07) is 9.62. The van der Waals surface area contributed by atoms with Gasteiger partial charge in [-0.3, -0.25) is 4.79 Å². The molecule has 0 saturated carbocycles. The number of ketones is 1. The van der Waals surface area contributed by atoms with E-state index in [2.05, 4.69) is 0 Å². The third-order valence-corrected chi connectivity index (χ3v) is 3.01. The summed E-state index contributed by atoms with van der Waals surface area (Å²) in [5.41, 5.74) is 0.445. The molecule has 0 aliphatic rings. The van der Waals surface area contributed by atoms with Crippen LogP contribution in [0.2, 0.25) is 0 Å². The fourth-order valence-corrected chi connectivity index (χ4v) is 1.67. The van der Waals surface area contributed by atoms with Crippen molar-refractivity contribution < 1.29 is 9.59 Å². The van der Waals surface area contributed by atoms with Gasteiger partial charge in [-0.1, -0.05) is 37.3 Å². The van der Waals surface area contributed by atoms with Crippen LogP contribution < -0.4 is 0 Å². The number of carbonyl (C=O) groups is 2. The molecule has 0 aliphatic carbocycles.